The molecule has 0 saturated heterocycles. The van der Waals surface area contributed by atoms with E-state index in [1.807, 2.05) is 44.2 Å². The quantitative estimate of drug-likeness (QED) is 0.659. The Labute approximate surface area is 78.3 Å². The van der Waals surface area contributed by atoms with Crippen molar-refractivity contribution in [1.82, 2.24) is 4.98 Å². The van der Waals surface area contributed by atoms with E-state index in [0.717, 1.165) is 11.3 Å². The Morgan fingerprint density at radius 3 is 2.77 bits per heavy atom. The molecule has 0 atom stereocenters. The van der Waals surface area contributed by atoms with E-state index >= 15 is 0 Å². The molecule has 0 aliphatic carbocycles. The first-order valence-corrected chi connectivity index (χ1v) is 4.23. The maximum Gasteiger partial charge on any atom is 0.181 e. The van der Waals surface area contributed by atoms with Gasteiger partial charge in [0.15, 0.2) is 12.2 Å². The van der Waals surface area contributed by atoms with Crippen molar-refractivity contribution in [2.24, 2.45) is 0 Å². The molecule has 0 aliphatic rings. The van der Waals surface area contributed by atoms with Crippen LogP contribution in [0.15, 0.2) is 47.4 Å². The minimum Gasteiger partial charge on any atom is -0.444 e. The van der Waals surface area contributed by atoms with E-state index in [-0.39, 0.29) is 0 Å². The van der Waals surface area contributed by atoms with Crippen molar-refractivity contribution in [3.05, 3.63) is 48.7 Å². The van der Waals surface area contributed by atoms with Crippen LogP contribution in [0.25, 0.3) is 5.57 Å². The van der Waals surface area contributed by atoms with E-state index in [4.69, 9.17) is 4.42 Å². The van der Waals surface area contributed by atoms with Crippen LogP contribution < -0.4 is 0 Å². The number of aromatic nitrogens is 1. The zero-order chi connectivity index (χ0) is 9.52. The Kier molecular flexibility index (Phi) is 3.76. The van der Waals surface area contributed by atoms with Gasteiger partial charge in [-0.25, -0.2) is 4.98 Å². The Hall–Kier alpha value is -1.57. The molecule has 2 nitrogen and oxygen atoms in total. The molecule has 0 radical (unpaired) electrons. The molecule has 0 amide bonds. The van der Waals surface area contributed by atoms with Gasteiger partial charge in [-0.15, -0.1) is 0 Å². The predicted octanol–water partition coefficient (Wildman–Crippen LogP) is 3.21. The van der Waals surface area contributed by atoms with Crippen molar-refractivity contribution < 1.29 is 4.42 Å². The van der Waals surface area contributed by atoms with E-state index in [9.17, 15) is 0 Å². The first-order valence-electron chi connectivity index (χ1n) is 4.23. The molecule has 0 fully saturated rings. The molecule has 1 rings (SSSR count). The van der Waals surface area contributed by atoms with Crippen LogP contribution in [0.2, 0.25) is 0 Å². The van der Waals surface area contributed by atoms with E-state index in [2.05, 4.69) is 4.98 Å². The Morgan fingerprint density at radius 1 is 1.38 bits per heavy atom. The first-order chi connectivity index (χ1) is 6.38. The lowest BCUT2D eigenvalue weighted by Gasteiger charge is -1.93. The van der Waals surface area contributed by atoms with Gasteiger partial charge in [-0.2, -0.15) is 0 Å². The van der Waals surface area contributed by atoms with Gasteiger partial charge >= 0.3 is 0 Å². The van der Waals surface area contributed by atoms with Crippen LogP contribution in [0.3, 0.4) is 0 Å². The smallest absolute Gasteiger partial charge is 0.181 e. The molecule has 2 heteroatoms. The standard InChI is InChI=1S/C11H13NO/c1-3-5-7-10(6-4-2)11-8-12-9-13-11/h3-9H,1-2H3/b5-3-,6-4-,10-7+. The minimum atomic E-state index is 0.788. The van der Waals surface area contributed by atoms with Crippen molar-refractivity contribution in [2.45, 2.75) is 13.8 Å². The summed E-state index contributed by atoms with van der Waals surface area (Å²) in [4.78, 5) is 3.87. The fourth-order valence-corrected chi connectivity index (χ4v) is 0.958. The number of allylic oxidation sites excluding steroid dienone is 6. The maximum absolute atomic E-state index is 5.18. The summed E-state index contributed by atoms with van der Waals surface area (Å²) in [7, 11) is 0. The van der Waals surface area contributed by atoms with Gasteiger partial charge in [-0.1, -0.05) is 30.4 Å². The highest BCUT2D eigenvalue weighted by atomic mass is 16.3. The topological polar surface area (TPSA) is 26.0 Å². The van der Waals surface area contributed by atoms with Gasteiger partial charge in [0.05, 0.1) is 6.20 Å². The van der Waals surface area contributed by atoms with E-state index in [1.165, 1.54) is 6.39 Å². The fourth-order valence-electron chi connectivity index (χ4n) is 0.958. The Bertz CT molecular complexity index is 318. The summed E-state index contributed by atoms with van der Waals surface area (Å²) in [6.45, 7) is 3.95. The molecule has 0 saturated carbocycles. The molecule has 0 aliphatic heterocycles. The molecule has 13 heavy (non-hydrogen) atoms. The summed E-state index contributed by atoms with van der Waals surface area (Å²) in [6, 6.07) is 0. The van der Waals surface area contributed by atoms with Crippen LogP contribution in [0.1, 0.15) is 19.6 Å². The van der Waals surface area contributed by atoms with Crippen LogP contribution in [0.4, 0.5) is 0 Å². The monoisotopic (exact) mass is 175 g/mol. The van der Waals surface area contributed by atoms with Crippen LogP contribution in [-0.2, 0) is 0 Å². The van der Waals surface area contributed by atoms with Gasteiger partial charge in [0.2, 0.25) is 0 Å². The maximum atomic E-state index is 5.18. The highest BCUT2D eigenvalue weighted by molar-refractivity contribution is 5.71. The molecule has 0 spiro atoms. The largest absolute Gasteiger partial charge is 0.444 e. The lowest BCUT2D eigenvalue weighted by Crippen LogP contribution is -1.74. The highest BCUT2D eigenvalue weighted by Gasteiger charge is 1.98. The number of hydrogen-bond donors (Lipinski definition) is 0. The van der Waals surface area contributed by atoms with E-state index in [0.29, 0.717) is 0 Å². The van der Waals surface area contributed by atoms with Crippen LogP contribution in [0, 0.1) is 0 Å². The van der Waals surface area contributed by atoms with Crippen molar-refractivity contribution in [3.8, 4) is 0 Å². The van der Waals surface area contributed by atoms with Crippen molar-refractivity contribution in [1.29, 1.82) is 0 Å². The van der Waals surface area contributed by atoms with Gasteiger partial charge in [-0.05, 0) is 13.8 Å². The fraction of sp³-hybridized carbons (Fsp3) is 0.182. The molecule has 1 aromatic rings. The second-order valence-electron chi connectivity index (χ2n) is 2.51. The molecule has 0 unspecified atom stereocenters. The summed E-state index contributed by atoms with van der Waals surface area (Å²) in [5.74, 6) is 0.788. The molecule has 1 heterocycles. The zero-order valence-corrected chi connectivity index (χ0v) is 7.90. The summed E-state index contributed by atoms with van der Waals surface area (Å²) in [5.41, 5.74) is 1.03. The average Bonchev–Trinajstić information content (AvgIpc) is 2.65. The molecule has 0 aromatic carbocycles. The van der Waals surface area contributed by atoms with Gasteiger partial charge in [0, 0.05) is 5.57 Å². The summed E-state index contributed by atoms with van der Waals surface area (Å²) in [6.07, 6.45) is 13.0. The van der Waals surface area contributed by atoms with Gasteiger partial charge in [0.1, 0.15) is 0 Å². The van der Waals surface area contributed by atoms with E-state index < -0.39 is 0 Å². The van der Waals surface area contributed by atoms with Crippen molar-refractivity contribution >= 4 is 5.57 Å². The molecular formula is C11H13NO. The normalized spacial score (nSPS) is 13.2. The molecule has 0 bridgehead atoms. The third-order valence-corrected chi connectivity index (χ3v) is 1.53. The van der Waals surface area contributed by atoms with Gasteiger partial charge in [0.25, 0.3) is 0 Å². The lowest BCUT2D eigenvalue weighted by molar-refractivity contribution is 0.545. The third-order valence-electron chi connectivity index (χ3n) is 1.53. The first kappa shape index (κ1) is 9.52. The number of hydrogen-bond acceptors (Lipinski definition) is 2. The molecule has 68 valence electrons. The Morgan fingerprint density at radius 2 is 2.23 bits per heavy atom. The van der Waals surface area contributed by atoms with Crippen LogP contribution >= 0.6 is 0 Å². The SMILES string of the molecule is C\C=C/C=C(\C=C/C)c1cnco1. The molecule has 1 aromatic heterocycles. The van der Waals surface area contributed by atoms with Gasteiger partial charge < -0.3 is 4.42 Å². The Balaban J connectivity index is 2.93. The number of rotatable bonds is 3. The van der Waals surface area contributed by atoms with Crippen molar-refractivity contribution in [2.75, 3.05) is 0 Å². The summed E-state index contributed by atoms with van der Waals surface area (Å²) >= 11 is 0. The number of nitrogens with zero attached hydrogens (tertiary/aromatic N) is 1. The van der Waals surface area contributed by atoms with Crippen LogP contribution in [0.5, 0.6) is 0 Å². The van der Waals surface area contributed by atoms with Gasteiger partial charge in [-0.3, -0.25) is 0 Å². The molecule has 0 N–H and O–H groups in total. The summed E-state index contributed by atoms with van der Waals surface area (Å²) < 4.78 is 5.18. The minimum absolute atomic E-state index is 0.788. The number of oxazole rings is 1. The van der Waals surface area contributed by atoms with E-state index in [1.54, 1.807) is 6.20 Å². The zero-order valence-electron chi connectivity index (χ0n) is 7.90. The van der Waals surface area contributed by atoms with Crippen LogP contribution in [-0.4, -0.2) is 4.98 Å². The average molecular weight is 175 g/mol. The second kappa shape index (κ2) is 5.14. The van der Waals surface area contributed by atoms with Crippen molar-refractivity contribution in [3.63, 3.8) is 0 Å². The summed E-state index contributed by atoms with van der Waals surface area (Å²) in [5, 5.41) is 0. The third kappa shape index (κ3) is 2.75. The predicted molar refractivity (Wildman–Crippen MR) is 54.1 cm³/mol. The lowest BCUT2D eigenvalue weighted by atomic mass is 10.2. The highest BCUT2D eigenvalue weighted by Crippen LogP contribution is 2.14. The second-order valence-corrected chi connectivity index (χ2v) is 2.51. The molecular weight excluding hydrogens is 162 g/mol.